The second-order valence-electron chi connectivity index (χ2n) is 8.46. The van der Waals surface area contributed by atoms with E-state index >= 15 is 0 Å². The fourth-order valence-corrected chi connectivity index (χ4v) is 4.39. The van der Waals surface area contributed by atoms with Crippen LogP contribution < -0.4 is 5.32 Å². The lowest BCUT2D eigenvalue weighted by molar-refractivity contribution is 0.0700. The van der Waals surface area contributed by atoms with Gasteiger partial charge in [0.05, 0.1) is 17.3 Å². The molecule has 0 atom stereocenters. The molecule has 8 heteroatoms. The van der Waals surface area contributed by atoms with Crippen molar-refractivity contribution in [3.63, 3.8) is 0 Å². The number of Topliss-reactive ketones (excluding diaryl/α,β-unsaturated/α-hetero) is 1. The lowest BCUT2D eigenvalue weighted by atomic mass is 9.76. The fourth-order valence-electron chi connectivity index (χ4n) is 4.18. The number of likely N-dealkylation sites (N-methyl/N-ethyl adjacent to an activating group) is 1. The van der Waals surface area contributed by atoms with Crippen molar-refractivity contribution in [2.24, 2.45) is 4.99 Å². The van der Waals surface area contributed by atoms with E-state index in [2.05, 4.69) is 15.2 Å². The van der Waals surface area contributed by atoms with Crippen LogP contribution in [-0.4, -0.2) is 42.7 Å². The van der Waals surface area contributed by atoms with Gasteiger partial charge in [0, 0.05) is 23.9 Å². The molecule has 0 unspecified atom stereocenters. The third-order valence-electron chi connectivity index (χ3n) is 6.39. The van der Waals surface area contributed by atoms with Crippen molar-refractivity contribution in [2.45, 2.75) is 37.6 Å². The summed E-state index contributed by atoms with van der Waals surface area (Å²) in [7, 11) is 4.04. The van der Waals surface area contributed by atoms with Crippen molar-refractivity contribution in [3.8, 4) is 0 Å². The van der Waals surface area contributed by atoms with Crippen molar-refractivity contribution in [3.05, 3.63) is 63.4 Å². The van der Waals surface area contributed by atoms with Crippen LogP contribution in [0.15, 0.2) is 29.3 Å². The number of nitrogens with one attached hydrogen (secondary N) is 1. The van der Waals surface area contributed by atoms with E-state index in [-0.39, 0.29) is 34.7 Å². The molecule has 0 bridgehead atoms. The molecular formula is C23H23ClF3N3O. The highest BCUT2D eigenvalue weighted by Gasteiger charge is 2.39. The SMILES string of the molecule is CN(C)C1(CN=C2Cc3c(C(=O)Cc4ccc(F)c(Cl)c4)cc(F)c(F)c3N2)CCC1. The third-order valence-corrected chi connectivity index (χ3v) is 6.68. The van der Waals surface area contributed by atoms with Crippen molar-refractivity contribution in [2.75, 3.05) is 26.0 Å². The van der Waals surface area contributed by atoms with Gasteiger partial charge < -0.3 is 10.2 Å². The van der Waals surface area contributed by atoms with Crippen LogP contribution >= 0.6 is 11.6 Å². The van der Waals surface area contributed by atoms with E-state index in [0.717, 1.165) is 25.3 Å². The van der Waals surface area contributed by atoms with Gasteiger partial charge in [-0.2, -0.15) is 0 Å². The first kappa shape index (κ1) is 21.8. The van der Waals surface area contributed by atoms with Crippen molar-refractivity contribution in [1.29, 1.82) is 0 Å². The van der Waals surface area contributed by atoms with Gasteiger partial charge in [0.15, 0.2) is 17.4 Å². The Bertz CT molecular complexity index is 1080. The number of benzene rings is 2. The molecule has 4 nitrogen and oxygen atoms in total. The summed E-state index contributed by atoms with van der Waals surface area (Å²) in [6.07, 6.45) is 3.34. The smallest absolute Gasteiger partial charge is 0.182 e. The molecule has 164 valence electrons. The average Bonchev–Trinajstić information content (AvgIpc) is 3.11. The topological polar surface area (TPSA) is 44.7 Å². The highest BCUT2D eigenvalue weighted by molar-refractivity contribution is 6.30. The molecule has 2 aliphatic rings. The van der Waals surface area contributed by atoms with Gasteiger partial charge in [0.25, 0.3) is 0 Å². The Balaban J connectivity index is 1.59. The zero-order valence-corrected chi connectivity index (χ0v) is 18.1. The number of anilines is 1. The van der Waals surface area contributed by atoms with E-state index in [9.17, 15) is 18.0 Å². The molecular weight excluding hydrogens is 427 g/mol. The predicted octanol–water partition coefficient (Wildman–Crippen LogP) is 5.03. The van der Waals surface area contributed by atoms with Gasteiger partial charge in [-0.25, -0.2) is 13.2 Å². The largest absolute Gasteiger partial charge is 0.341 e. The quantitative estimate of drug-likeness (QED) is 0.629. The van der Waals surface area contributed by atoms with Crippen LogP contribution in [0.5, 0.6) is 0 Å². The second-order valence-corrected chi connectivity index (χ2v) is 8.87. The standard InChI is InChI=1S/C23H23ClF3N3O/c1-30(2)23(6-3-7-23)12-28-20-11-15-14(10-18(26)21(27)22(15)29-20)19(31)9-13-4-5-17(25)16(24)8-13/h4-5,8,10H,3,6-7,9,11-12H2,1-2H3,(H,28,29). The minimum absolute atomic E-state index is 0.00620. The number of ketones is 1. The van der Waals surface area contributed by atoms with Crippen LogP contribution in [-0.2, 0) is 12.8 Å². The molecule has 0 spiro atoms. The maximum absolute atomic E-state index is 14.5. The lowest BCUT2D eigenvalue weighted by Gasteiger charge is -2.46. The highest BCUT2D eigenvalue weighted by atomic mass is 35.5. The summed E-state index contributed by atoms with van der Waals surface area (Å²) in [5, 5.41) is 2.78. The van der Waals surface area contributed by atoms with Gasteiger partial charge in [0.1, 0.15) is 11.7 Å². The molecule has 0 saturated heterocycles. The van der Waals surface area contributed by atoms with Crippen molar-refractivity contribution >= 4 is 28.9 Å². The number of rotatable bonds is 6. The van der Waals surface area contributed by atoms with Crippen LogP contribution in [0.3, 0.4) is 0 Å². The van der Waals surface area contributed by atoms with Crippen LogP contribution in [0.2, 0.25) is 5.02 Å². The summed E-state index contributed by atoms with van der Waals surface area (Å²) >= 11 is 5.79. The number of aliphatic imine (C=N–C) groups is 1. The zero-order chi connectivity index (χ0) is 22.3. The van der Waals surface area contributed by atoms with Gasteiger partial charge in [-0.3, -0.25) is 9.79 Å². The second kappa shape index (κ2) is 8.28. The minimum atomic E-state index is -1.10. The van der Waals surface area contributed by atoms with Gasteiger partial charge in [0.2, 0.25) is 0 Å². The molecule has 4 rings (SSSR count). The van der Waals surface area contributed by atoms with E-state index in [1.807, 2.05) is 14.1 Å². The number of amidine groups is 1. The number of carbonyl (C=O) groups excluding carboxylic acids is 1. The fraction of sp³-hybridized carbons (Fsp3) is 0.391. The first-order valence-electron chi connectivity index (χ1n) is 10.2. The number of halogens is 4. The van der Waals surface area contributed by atoms with E-state index in [1.54, 1.807) is 0 Å². The molecule has 1 aliphatic heterocycles. The molecule has 2 aromatic carbocycles. The van der Waals surface area contributed by atoms with Gasteiger partial charge >= 0.3 is 0 Å². The first-order chi connectivity index (χ1) is 14.7. The van der Waals surface area contributed by atoms with E-state index < -0.39 is 23.2 Å². The molecule has 0 aromatic heterocycles. The van der Waals surface area contributed by atoms with Crippen LogP contribution in [0.4, 0.5) is 18.9 Å². The normalized spacial score (nSPS) is 18.1. The molecule has 1 N–H and O–H groups in total. The molecule has 2 aromatic rings. The number of hydrogen-bond acceptors (Lipinski definition) is 3. The Hall–Kier alpha value is -2.38. The Morgan fingerprint density at radius 3 is 2.55 bits per heavy atom. The van der Waals surface area contributed by atoms with Crippen molar-refractivity contribution < 1.29 is 18.0 Å². The Morgan fingerprint density at radius 1 is 1.19 bits per heavy atom. The van der Waals surface area contributed by atoms with Gasteiger partial charge in [-0.1, -0.05) is 17.7 Å². The van der Waals surface area contributed by atoms with Crippen LogP contribution in [0.25, 0.3) is 0 Å². The van der Waals surface area contributed by atoms with E-state index in [4.69, 9.17) is 11.6 Å². The Morgan fingerprint density at radius 2 is 1.94 bits per heavy atom. The minimum Gasteiger partial charge on any atom is -0.341 e. The molecule has 1 aliphatic carbocycles. The molecule has 1 heterocycles. The van der Waals surface area contributed by atoms with Crippen molar-refractivity contribution in [1.82, 2.24) is 4.90 Å². The number of hydrogen-bond donors (Lipinski definition) is 1. The van der Waals surface area contributed by atoms with Gasteiger partial charge in [-0.15, -0.1) is 0 Å². The lowest BCUT2D eigenvalue weighted by Crippen LogP contribution is -2.52. The molecule has 1 saturated carbocycles. The first-order valence-corrected chi connectivity index (χ1v) is 10.5. The summed E-state index contributed by atoms with van der Waals surface area (Å²) in [5.74, 6) is -2.58. The molecule has 0 radical (unpaired) electrons. The average molecular weight is 450 g/mol. The van der Waals surface area contributed by atoms with E-state index in [1.165, 1.54) is 18.2 Å². The Labute approximate surface area is 184 Å². The predicted molar refractivity (Wildman–Crippen MR) is 116 cm³/mol. The van der Waals surface area contributed by atoms with Gasteiger partial charge in [-0.05, 0) is 62.7 Å². The summed E-state index contributed by atoms with van der Waals surface area (Å²) in [4.78, 5) is 19.7. The zero-order valence-electron chi connectivity index (χ0n) is 17.4. The van der Waals surface area contributed by atoms with E-state index in [0.29, 0.717) is 23.5 Å². The number of nitrogens with zero attached hydrogens (tertiary/aromatic N) is 2. The maximum Gasteiger partial charge on any atom is 0.182 e. The molecule has 0 amide bonds. The summed E-state index contributed by atoms with van der Waals surface area (Å²) in [6.45, 7) is 0.553. The van der Waals surface area contributed by atoms with Crippen LogP contribution in [0.1, 0.15) is 40.7 Å². The molecule has 1 fully saturated rings. The summed E-state index contributed by atoms with van der Waals surface area (Å²) in [6, 6.07) is 4.91. The Kier molecular flexibility index (Phi) is 5.83. The molecule has 31 heavy (non-hydrogen) atoms. The third kappa shape index (κ3) is 4.08. The number of fused-ring (bicyclic) bond motifs is 1. The number of carbonyl (C=O) groups is 1. The van der Waals surface area contributed by atoms with Crippen LogP contribution in [0, 0.1) is 17.5 Å². The monoisotopic (exact) mass is 449 g/mol. The summed E-state index contributed by atoms with van der Waals surface area (Å²) in [5.41, 5.74) is 0.939. The highest BCUT2D eigenvalue weighted by Crippen LogP contribution is 2.37. The summed E-state index contributed by atoms with van der Waals surface area (Å²) < 4.78 is 42.1. The maximum atomic E-state index is 14.5.